The molecule has 2 bridgehead atoms. The molecule has 1 saturated heterocycles. The van der Waals surface area contributed by atoms with E-state index in [0.717, 1.165) is 30.9 Å². The first-order chi connectivity index (χ1) is 9.90. The predicted molar refractivity (Wildman–Crippen MR) is 72.4 cm³/mol. The van der Waals surface area contributed by atoms with Crippen LogP contribution in [0.4, 0.5) is 17.6 Å². The van der Waals surface area contributed by atoms with Crippen molar-refractivity contribution in [2.24, 2.45) is 0 Å². The summed E-state index contributed by atoms with van der Waals surface area (Å²) in [5.74, 6) is -0.824. The third-order valence-corrected chi connectivity index (χ3v) is 4.18. The van der Waals surface area contributed by atoms with Crippen molar-refractivity contribution in [2.45, 2.75) is 50.4 Å². The van der Waals surface area contributed by atoms with Gasteiger partial charge < -0.3 is 5.32 Å². The Kier molecular flexibility index (Phi) is 3.78. The Bertz CT molecular complexity index is 562. The van der Waals surface area contributed by atoms with Crippen molar-refractivity contribution in [2.75, 3.05) is 0 Å². The highest BCUT2D eigenvalue weighted by atomic mass is 19.4. The van der Waals surface area contributed by atoms with Crippen molar-refractivity contribution in [3.05, 3.63) is 46.8 Å². The third-order valence-electron chi connectivity index (χ3n) is 4.18. The van der Waals surface area contributed by atoms with Gasteiger partial charge in [-0.25, -0.2) is 4.39 Å². The third kappa shape index (κ3) is 3.46. The standard InChI is InChI=1S/C16H17F4N/c17-13-6-10(5-12(9-13)16(18,19)20)4-11-7-14-2-1-3-15(8-11)21-14/h5-7,9,14-15,21H,1-4,8H2. The predicted octanol–water partition coefficient (Wildman–Crippen LogP) is 4.23. The molecule has 5 heteroatoms. The molecule has 2 atom stereocenters. The molecule has 1 aromatic rings. The van der Waals surface area contributed by atoms with Crippen LogP contribution in [0.1, 0.15) is 36.8 Å². The Morgan fingerprint density at radius 3 is 2.67 bits per heavy atom. The van der Waals surface area contributed by atoms with E-state index >= 15 is 0 Å². The summed E-state index contributed by atoms with van der Waals surface area (Å²) in [5.41, 5.74) is 0.600. The van der Waals surface area contributed by atoms with Crippen molar-refractivity contribution in [3.8, 4) is 0 Å². The molecule has 2 unspecified atom stereocenters. The summed E-state index contributed by atoms with van der Waals surface area (Å²) in [5, 5.41) is 3.49. The molecule has 1 N–H and O–H groups in total. The smallest absolute Gasteiger partial charge is 0.307 e. The lowest BCUT2D eigenvalue weighted by atomic mass is 9.85. The molecular weight excluding hydrogens is 282 g/mol. The normalized spacial score (nSPS) is 25.6. The van der Waals surface area contributed by atoms with E-state index in [0.29, 0.717) is 30.1 Å². The van der Waals surface area contributed by atoms with Crippen LogP contribution in [0.25, 0.3) is 0 Å². The van der Waals surface area contributed by atoms with E-state index in [4.69, 9.17) is 0 Å². The molecule has 1 nitrogen and oxygen atoms in total. The zero-order chi connectivity index (χ0) is 15.0. The van der Waals surface area contributed by atoms with E-state index < -0.39 is 17.6 Å². The SMILES string of the molecule is Fc1cc(CC2=CC3CCCC(C2)N3)cc(C(F)(F)F)c1. The molecule has 2 heterocycles. The van der Waals surface area contributed by atoms with Gasteiger partial charge in [-0.3, -0.25) is 0 Å². The molecule has 0 saturated carbocycles. The van der Waals surface area contributed by atoms with Crippen LogP contribution in [0.3, 0.4) is 0 Å². The van der Waals surface area contributed by atoms with Crippen LogP contribution in [0.15, 0.2) is 29.8 Å². The molecule has 0 aliphatic carbocycles. The maximum absolute atomic E-state index is 13.4. The first kappa shape index (κ1) is 14.6. The zero-order valence-electron chi connectivity index (χ0n) is 11.5. The fourth-order valence-electron chi connectivity index (χ4n) is 3.32. The second-order valence-corrected chi connectivity index (χ2v) is 5.95. The van der Waals surface area contributed by atoms with Crippen LogP contribution >= 0.6 is 0 Å². The van der Waals surface area contributed by atoms with Crippen molar-refractivity contribution in [1.82, 2.24) is 5.32 Å². The molecule has 0 amide bonds. The number of alkyl halides is 3. The zero-order valence-corrected chi connectivity index (χ0v) is 11.5. The summed E-state index contributed by atoms with van der Waals surface area (Å²) >= 11 is 0. The van der Waals surface area contributed by atoms with Gasteiger partial charge in [0.15, 0.2) is 0 Å². The largest absolute Gasteiger partial charge is 0.416 e. The molecular formula is C16H17F4N. The van der Waals surface area contributed by atoms with Gasteiger partial charge in [0, 0.05) is 12.1 Å². The van der Waals surface area contributed by atoms with E-state index in [1.165, 1.54) is 12.5 Å². The average Bonchev–Trinajstić information content (AvgIpc) is 2.36. The van der Waals surface area contributed by atoms with Gasteiger partial charge in [-0.1, -0.05) is 18.1 Å². The highest BCUT2D eigenvalue weighted by Gasteiger charge is 2.31. The van der Waals surface area contributed by atoms with E-state index in [9.17, 15) is 17.6 Å². The van der Waals surface area contributed by atoms with E-state index in [-0.39, 0.29) is 0 Å². The number of nitrogens with one attached hydrogen (secondary N) is 1. The summed E-state index contributed by atoms with van der Waals surface area (Å²) in [7, 11) is 0. The second kappa shape index (κ2) is 5.44. The van der Waals surface area contributed by atoms with Crippen LogP contribution in [0, 0.1) is 5.82 Å². The minimum Gasteiger partial charge on any atom is -0.307 e. The Morgan fingerprint density at radius 1 is 1.14 bits per heavy atom. The second-order valence-electron chi connectivity index (χ2n) is 5.95. The summed E-state index contributed by atoms with van der Waals surface area (Å²) in [4.78, 5) is 0. The minimum atomic E-state index is -4.50. The van der Waals surface area contributed by atoms with Gasteiger partial charge in [0.05, 0.1) is 5.56 Å². The number of halogens is 4. The lowest BCUT2D eigenvalue weighted by molar-refractivity contribution is -0.137. The van der Waals surface area contributed by atoms with E-state index in [1.807, 2.05) is 0 Å². The molecule has 1 aromatic carbocycles. The molecule has 2 aliphatic rings. The molecule has 2 aliphatic heterocycles. The maximum Gasteiger partial charge on any atom is 0.416 e. The molecule has 3 rings (SSSR count). The van der Waals surface area contributed by atoms with Crippen molar-refractivity contribution in [3.63, 3.8) is 0 Å². The van der Waals surface area contributed by atoms with Crippen LogP contribution in [-0.4, -0.2) is 12.1 Å². The first-order valence-electron chi connectivity index (χ1n) is 7.22. The lowest BCUT2D eigenvalue weighted by Gasteiger charge is -2.35. The quantitative estimate of drug-likeness (QED) is 0.636. The number of hydrogen-bond donors (Lipinski definition) is 1. The van der Waals surface area contributed by atoms with Crippen molar-refractivity contribution in [1.29, 1.82) is 0 Å². The Morgan fingerprint density at radius 2 is 1.95 bits per heavy atom. The maximum atomic E-state index is 13.4. The summed E-state index contributed by atoms with van der Waals surface area (Å²) in [6, 6.07) is 3.55. The van der Waals surface area contributed by atoms with Gasteiger partial charge >= 0.3 is 6.18 Å². The van der Waals surface area contributed by atoms with Gasteiger partial charge in [-0.15, -0.1) is 0 Å². The first-order valence-corrected chi connectivity index (χ1v) is 7.22. The minimum absolute atomic E-state index is 0.322. The highest BCUT2D eigenvalue weighted by Crippen LogP contribution is 2.32. The molecule has 1 fully saturated rings. The van der Waals surface area contributed by atoms with Gasteiger partial charge in [0.1, 0.15) is 5.82 Å². The van der Waals surface area contributed by atoms with E-state index in [2.05, 4.69) is 11.4 Å². The topological polar surface area (TPSA) is 12.0 Å². The summed E-state index contributed by atoms with van der Waals surface area (Å²) < 4.78 is 51.6. The van der Waals surface area contributed by atoms with Gasteiger partial charge in [0.25, 0.3) is 0 Å². The Labute approximate surface area is 121 Å². The number of rotatable bonds is 2. The van der Waals surface area contributed by atoms with Gasteiger partial charge in [0.2, 0.25) is 0 Å². The number of benzene rings is 1. The molecule has 0 aromatic heterocycles. The van der Waals surface area contributed by atoms with Gasteiger partial charge in [-0.05, 0) is 49.4 Å². The average molecular weight is 299 g/mol. The molecule has 21 heavy (non-hydrogen) atoms. The molecule has 0 spiro atoms. The summed E-state index contributed by atoms with van der Waals surface area (Å²) in [6.07, 6.45) is 2.19. The van der Waals surface area contributed by atoms with Crippen LogP contribution < -0.4 is 5.32 Å². The highest BCUT2D eigenvalue weighted by molar-refractivity contribution is 5.31. The lowest BCUT2D eigenvalue weighted by Crippen LogP contribution is -2.44. The van der Waals surface area contributed by atoms with Crippen LogP contribution in [-0.2, 0) is 12.6 Å². The van der Waals surface area contributed by atoms with Gasteiger partial charge in [-0.2, -0.15) is 13.2 Å². The molecule has 0 radical (unpaired) electrons. The fourth-order valence-corrected chi connectivity index (χ4v) is 3.32. The number of hydrogen-bond acceptors (Lipinski definition) is 1. The summed E-state index contributed by atoms with van der Waals surface area (Å²) in [6.45, 7) is 0. The van der Waals surface area contributed by atoms with Crippen LogP contribution in [0.5, 0.6) is 0 Å². The number of fused-ring (bicyclic) bond motifs is 2. The fraction of sp³-hybridized carbons (Fsp3) is 0.500. The van der Waals surface area contributed by atoms with Crippen molar-refractivity contribution < 1.29 is 17.6 Å². The number of piperidine rings is 1. The van der Waals surface area contributed by atoms with Crippen molar-refractivity contribution >= 4 is 0 Å². The van der Waals surface area contributed by atoms with E-state index in [1.54, 1.807) is 0 Å². The monoisotopic (exact) mass is 299 g/mol. The molecule has 114 valence electrons. The Hall–Kier alpha value is -1.36. The Balaban J connectivity index is 1.82. The van der Waals surface area contributed by atoms with Crippen LogP contribution in [0.2, 0.25) is 0 Å².